The van der Waals surface area contributed by atoms with Crippen molar-refractivity contribution in [2.24, 2.45) is 0 Å². The van der Waals surface area contributed by atoms with Crippen LogP contribution in [0.4, 0.5) is 0 Å². The molecule has 0 atom stereocenters. The largest absolute Gasteiger partial charge is 0.356 e. The predicted octanol–water partition coefficient (Wildman–Crippen LogP) is 2.42. The minimum Gasteiger partial charge on any atom is -0.356 e. The highest BCUT2D eigenvalue weighted by Gasteiger charge is 2.22. The van der Waals surface area contributed by atoms with Gasteiger partial charge in [0.1, 0.15) is 0 Å². The molecule has 2 aromatic rings. The van der Waals surface area contributed by atoms with Crippen LogP contribution in [0.1, 0.15) is 21.6 Å². The molecular weight excluding hydrogens is 224 g/mol. The molecule has 2 N–H and O–H groups in total. The molecular formula is C12H11ClN2O. The van der Waals surface area contributed by atoms with Gasteiger partial charge in [-0.2, -0.15) is 0 Å². The van der Waals surface area contributed by atoms with Crippen molar-refractivity contribution < 1.29 is 4.79 Å². The Hall–Kier alpha value is -1.48. The number of aryl methyl sites for hydroxylation is 1. The second-order valence-electron chi connectivity index (χ2n) is 4.15. The monoisotopic (exact) mass is 234 g/mol. The first kappa shape index (κ1) is 9.73. The minimum atomic E-state index is -0.00540. The fourth-order valence-electron chi connectivity index (χ4n) is 2.28. The second-order valence-corrected chi connectivity index (χ2v) is 4.56. The molecule has 1 aromatic heterocycles. The van der Waals surface area contributed by atoms with Gasteiger partial charge in [0.05, 0.1) is 16.1 Å². The van der Waals surface area contributed by atoms with Crippen molar-refractivity contribution in [3.8, 4) is 0 Å². The number of halogens is 1. The number of benzene rings is 1. The van der Waals surface area contributed by atoms with E-state index in [4.69, 9.17) is 11.6 Å². The molecule has 1 aromatic carbocycles. The molecule has 0 fully saturated rings. The van der Waals surface area contributed by atoms with Crippen molar-refractivity contribution in [1.29, 1.82) is 0 Å². The van der Waals surface area contributed by atoms with E-state index < -0.39 is 0 Å². The Morgan fingerprint density at radius 2 is 2.19 bits per heavy atom. The lowest BCUT2D eigenvalue weighted by Crippen LogP contribution is -2.31. The Morgan fingerprint density at radius 3 is 3.00 bits per heavy atom. The zero-order chi connectivity index (χ0) is 11.3. The van der Waals surface area contributed by atoms with Crippen molar-refractivity contribution in [2.75, 3.05) is 6.54 Å². The summed E-state index contributed by atoms with van der Waals surface area (Å²) >= 11 is 6.17. The molecule has 0 aliphatic carbocycles. The second kappa shape index (κ2) is 3.25. The molecule has 4 heteroatoms. The number of aromatic nitrogens is 1. The van der Waals surface area contributed by atoms with Gasteiger partial charge in [0, 0.05) is 24.0 Å². The van der Waals surface area contributed by atoms with Crippen LogP contribution < -0.4 is 5.32 Å². The number of carbonyl (C=O) groups is 1. The number of hydrogen-bond acceptors (Lipinski definition) is 1. The average molecular weight is 235 g/mol. The van der Waals surface area contributed by atoms with Gasteiger partial charge in [0.15, 0.2) is 0 Å². The quantitative estimate of drug-likeness (QED) is 0.723. The molecule has 0 unspecified atom stereocenters. The van der Waals surface area contributed by atoms with Crippen LogP contribution in [0.3, 0.4) is 0 Å². The van der Waals surface area contributed by atoms with Gasteiger partial charge in [-0.3, -0.25) is 4.79 Å². The molecule has 1 amide bonds. The lowest BCUT2D eigenvalue weighted by molar-refractivity contribution is 0.0947. The molecule has 1 aliphatic heterocycles. The summed E-state index contributed by atoms with van der Waals surface area (Å²) in [6, 6.07) is 3.91. The highest BCUT2D eigenvalue weighted by Crippen LogP contribution is 2.30. The van der Waals surface area contributed by atoms with Crippen LogP contribution in [-0.2, 0) is 6.42 Å². The van der Waals surface area contributed by atoms with Crippen LogP contribution in [0.5, 0.6) is 0 Å². The molecule has 3 rings (SSSR count). The minimum absolute atomic E-state index is 0.00540. The Balaban J connectivity index is 2.42. The van der Waals surface area contributed by atoms with Gasteiger partial charge in [0.2, 0.25) is 0 Å². The van der Waals surface area contributed by atoms with E-state index in [1.54, 1.807) is 0 Å². The summed E-state index contributed by atoms with van der Waals surface area (Å²) in [6.07, 6.45) is 0.838. The van der Waals surface area contributed by atoms with E-state index in [9.17, 15) is 4.79 Å². The van der Waals surface area contributed by atoms with Crippen LogP contribution in [0, 0.1) is 6.92 Å². The van der Waals surface area contributed by atoms with Crippen molar-refractivity contribution in [3.05, 3.63) is 34.0 Å². The topological polar surface area (TPSA) is 44.9 Å². The zero-order valence-corrected chi connectivity index (χ0v) is 9.61. The molecule has 3 nitrogen and oxygen atoms in total. The third kappa shape index (κ3) is 1.25. The number of fused-ring (bicyclic) bond motifs is 3. The molecule has 0 spiro atoms. The smallest absolute Gasteiger partial charge is 0.253 e. The fraction of sp³-hybridized carbons (Fsp3) is 0.250. The van der Waals surface area contributed by atoms with Crippen molar-refractivity contribution in [1.82, 2.24) is 10.3 Å². The van der Waals surface area contributed by atoms with Gasteiger partial charge < -0.3 is 10.3 Å². The Bertz CT molecular complexity index is 601. The van der Waals surface area contributed by atoms with Crippen molar-refractivity contribution in [2.45, 2.75) is 13.3 Å². The SMILES string of the molecule is Cc1cc(Cl)c2[nH]c3c(c2c1)C(=O)NCC3. The Morgan fingerprint density at radius 1 is 1.38 bits per heavy atom. The summed E-state index contributed by atoms with van der Waals surface area (Å²) < 4.78 is 0. The molecule has 0 radical (unpaired) electrons. The maximum atomic E-state index is 11.8. The summed E-state index contributed by atoms with van der Waals surface area (Å²) in [7, 11) is 0. The molecule has 16 heavy (non-hydrogen) atoms. The number of H-pyrrole nitrogens is 1. The molecule has 82 valence electrons. The van der Waals surface area contributed by atoms with Gasteiger partial charge in [0.25, 0.3) is 5.91 Å². The van der Waals surface area contributed by atoms with Crippen LogP contribution >= 0.6 is 11.6 Å². The first-order valence-corrected chi connectivity index (χ1v) is 5.63. The molecule has 2 heterocycles. The summed E-state index contributed by atoms with van der Waals surface area (Å²) in [6.45, 7) is 2.67. The summed E-state index contributed by atoms with van der Waals surface area (Å²) in [5.74, 6) is -0.00540. The van der Waals surface area contributed by atoms with Gasteiger partial charge in [-0.1, -0.05) is 11.6 Å². The maximum Gasteiger partial charge on any atom is 0.253 e. The predicted molar refractivity (Wildman–Crippen MR) is 64.1 cm³/mol. The number of hydrogen-bond donors (Lipinski definition) is 2. The van der Waals surface area contributed by atoms with Crippen molar-refractivity contribution >= 4 is 28.4 Å². The summed E-state index contributed by atoms with van der Waals surface area (Å²) in [5, 5.41) is 4.46. The van der Waals surface area contributed by atoms with Gasteiger partial charge in [-0.05, 0) is 24.6 Å². The van der Waals surface area contributed by atoms with Crippen molar-refractivity contribution in [3.63, 3.8) is 0 Å². The van der Waals surface area contributed by atoms with E-state index in [2.05, 4.69) is 10.3 Å². The number of amides is 1. The number of carbonyl (C=O) groups excluding carboxylic acids is 1. The lowest BCUT2D eigenvalue weighted by Gasteiger charge is -2.11. The highest BCUT2D eigenvalue weighted by molar-refractivity contribution is 6.35. The third-order valence-electron chi connectivity index (χ3n) is 2.97. The highest BCUT2D eigenvalue weighted by atomic mass is 35.5. The van der Waals surface area contributed by atoms with E-state index in [1.807, 2.05) is 19.1 Å². The summed E-state index contributed by atoms with van der Waals surface area (Å²) in [5.41, 5.74) is 3.69. The maximum absolute atomic E-state index is 11.8. The Labute approximate surface area is 97.8 Å². The third-order valence-corrected chi connectivity index (χ3v) is 3.27. The number of rotatable bonds is 0. The lowest BCUT2D eigenvalue weighted by atomic mass is 10.0. The van der Waals surface area contributed by atoms with E-state index in [0.29, 0.717) is 11.6 Å². The first-order chi connectivity index (χ1) is 7.66. The standard InChI is InChI=1S/C12H11ClN2O/c1-6-4-7-10-9(2-3-14-12(10)16)15-11(7)8(13)5-6/h4-5,15H,2-3H2,1H3,(H,14,16). The van der Waals surface area contributed by atoms with Gasteiger partial charge >= 0.3 is 0 Å². The van der Waals surface area contributed by atoms with E-state index >= 15 is 0 Å². The fourth-order valence-corrected chi connectivity index (χ4v) is 2.60. The number of nitrogens with one attached hydrogen (secondary N) is 2. The van der Waals surface area contributed by atoms with Crippen LogP contribution in [0.2, 0.25) is 5.02 Å². The van der Waals surface area contributed by atoms with Crippen LogP contribution in [-0.4, -0.2) is 17.4 Å². The normalized spacial score (nSPS) is 15.0. The molecule has 1 aliphatic rings. The first-order valence-electron chi connectivity index (χ1n) is 5.25. The van der Waals surface area contributed by atoms with Gasteiger partial charge in [-0.25, -0.2) is 0 Å². The average Bonchev–Trinajstić information content (AvgIpc) is 2.58. The van der Waals surface area contributed by atoms with Gasteiger partial charge in [-0.15, -0.1) is 0 Å². The van der Waals surface area contributed by atoms with E-state index in [1.165, 1.54) is 0 Å². The zero-order valence-electron chi connectivity index (χ0n) is 8.86. The number of aromatic amines is 1. The van der Waals surface area contributed by atoms with E-state index in [0.717, 1.165) is 34.1 Å². The van der Waals surface area contributed by atoms with E-state index in [-0.39, 0.29) is 5.91 Å². The summed E-state index contributed by atoms with van der Waals surface area (Å²) in [4.78, 5) is 15.1. The molecule has 0 saturated carbocycles. The molecule has 0 saturated heterocycles. The Kier molecular flexibility index (Phi) is 1.98. The van der Waals surface area contributed by atoms with Crippen LogP contribution in [0.25, 0.3) is 10.9 Å². The van der Waals surface area contributed by atoms with Crippen LogP contribution in [0.15, 0.2) is 12.1 Å². The molecule has 0 bridgehead atoms.